The van der Waals surface area contributed by atoms with Crippen molar-refractivity contribution in [2.24, 2.45) is 10.8 Å². The Bertz CT molecular complexity index is 1100. The summed E-state index contributed by atoms with van der Waals surface area (Å²) in [6.07, 6.45) is 3.04. The quantitative estimate of drug-likeness (QED) is 0.549. The Morgan fingerprint density at radius 2 is 1.68 bits per heavy atom. The predicted octanol–water partition coefficient (Wildman–Crippen LogP) is 4.06. The van der Waals surface area contributed by atoms with Crippen LogP contribution < -0.4 is 10.6 Å². The van der Waals surface area contributed by atoms with Gasteiger partial charge in [-0.15, -0.1) is 0 Å². The van der Waals surface area contributed by atoms with E-state index < -0.39 is 23.5 Å². The molecule has 178 valence electrons. The van der Waals surface area contributed by atoms with Gasteiger partial charge in [0.25, 0.3) is 0 Å². The van der Waals surface area contributed by atoms with Crippen LogP contribution in [-0.4, -0.2) is 42.3 Å². The molecule has 2 aromatic rings. The van der Waals surface area contributed by atoms with Crippen molar-refractivity contribution in [3.05, 3.63) is 59.7 Å². The highest BCUT2D eigenvalue weighted by Gasteiger charge is 2.73. The van der Waals surface area contributed by atoms with Gasteiger partial charge in [-0.25, -0.2) is 4.79 Å². The van der Waals surface area contributed by atoms with Gasteiger partial charge in [0.1, 0.15) is 6.61 Å². The van der Waals surface area contributed by atoms with Gasteiger partial charge in [-0.1, -0.05) is 55.0 Å². The van der Waals surface area contributed by atoms with Gasteiger partial charge in [0.05, 0.1) is 11.8 Å². The number of rotatable bonds is 8. The van der Waals surface area contributed by atoms with Crippen molar-refractivity contribution in [2.45, 2.75) is 51.0 Å². The summed E-state index contributed by atoms with van der Waals surface area (Å²) >= 11 is 0. The van der Waals surface area contributed by atoms with Crippen molar-refractivity contribution in [1.29, 1.82) is 0 Å². The Morgan fingerprint density at radius 1 is 1.06 bits per heavy atom. The van der Waals surface area contributed by atoms with Crippen molar-refractivity contribution in [1.82, 2.24) is 10.6 Å². The summed E-state index contributed by atoms with van der Waals surface area (Å²) in [4.78, 5) is 36.7. The van der Waals surface area contributed by atoms with Crippen LogP contribution in [0.3, 0.4) is 0 Å². The molecule has 7 nitrogen and oxygen atoms in total. The SMILES string of the molecule is CC(CC(=O)O)NC(=O)C1(CNC(=O)OCC2c3ccccc3-c3ccccc32)CC12CCC2. The van der Waals surface area contributed by atoms with E-state index in [-0.39, 0.29) is 36.8 Å². The molecule has 5 rings (SSSR count). The summed E-state index contributed by atoms with van der Waals surface area (Å²) in [7, 11) is 0. The van der Waals surface area contributed by atoms with Crippen LogP contribution in [0, 0.1) is 10.8 Å². The maximum Gasteiger partial charge on any atom is 0.407 e. The summed E-state index contributed by atoms with van der Waals surface area (Å²) in [6, 6.07) is 15.9. The fraction of sp³-hybridized carbons (Fsp3) is 0.444. The standard InChI is InChI=1S/C27H30N2O5/c1-17(13-23(30)31)29-24(32)27(15-26(27)11-6-12-26)16-28-25(33)34-14-22-20-9-4-2-7-18(20)19-8-3-5-10-21(19)22/h2-5,7-10,17,22H,6,11-16H2,1H3,(H,28,33)(H,29,32)(H,30,31). The van der Waals surface area contributed by atoms with Crippen LogP contribution in [0.1, 0.15) is 56.1 Å². The van der Waals surface area contributed by atoms with Crippen LogP contribution in [0.2, 0.25) is 0 Å². The molecule has 2 unspecified atom stereocenters. The minimum absolute atomic E-state index is 0.0221. The van der Waals surface area contributed by atoms with Crippen LogP contribution in [0.5, 0.6) is 0 Å². The number of aliphatic carboxylic acids is 1. The highest BCUT2D eigenvalue weighted by atomic mass is 16.5. The molecule has 2 saturated carbocycles. The fourth-order valence-electron chi connectivity index (χ4n) is 5.99. The normalized spacial score (nSPS) is 22.1. The third kappa shape index (κ3) is 3.73. The molecule has 34 heavy (non-hydrogen) atoms. The molecule has 1 spiro atoms. The highest BCUT2D eigenvalue weighted by Crippen LogP contribution is 2.73. The van der Waals surface area contributed by atoms with Crippen molar-refractivity contribution >= 4 is 18.0 Å². The summed E-state index contributed by atoms with van der Waals surface area (Å²) in [5.74, 6) is -1.14. The van der Waals surface area contributed by atoms with Gasteiger partial charge in [-0.3, -0.25) is 9.59 Å². The third-order valence-corrected chi connectivity index (χ3v) is 8.01. The minimum atomic E-state index is -0.951. The van der Waals surface area contributed by atoms with Gasteiger partial charge in [0.2, 0.25) is 5.91 Å². The maximum atomic E-state index is 13.1. The lowest BCUT2D eigenvalue weighted by Crippen LogP contribution is -2.47. The molecule has 2 fully saturated rings. The Hall–Kier alpha value is -3.35. The summed E-state index contributed by atoms with van der Waals surface area (Å²) in [5.41, 5.74) is 3.89. The predicted molar refractivity (Wildman–Crippen MR) is 126 cm³/mol. The number of alkyl carbamates (subject to hydrolysis) is 1. The van der Waals surface area contributed by atoms with E-state index in [9.17, 15) is 14.4 Å². The molecule has 0 bridgehead atoms. The molecule has 2 amide bonds. The fourth-order valence-corrected chi connectivity index (χ4v) is 5.99. The molecule has 3 aliphatic carbocycles. The van der Waals surface area contributed by atoms with E-state index in [4.69, 9.17) is 9.84 Å². The van der Waals surface area contributed by atoms with E-state index in [0.29, 0.717) is 0 Å². The zero-order valence-corrected chi connectivity index (χ0v) is 19.3. The lowest BCUT2D eigenvalue weighted by Gasteiger charge is -2.33. The average Bonchev–Trinajstić information content (AvgIpc) is 3.40. The molecule has 7 heteroatoms. The third-order valence-electron chi connectivity index (χ3n) is 8.01. The van der Waals surface area contributed by atoms with Gasteiger partial charge < -0.3 is 20.5 Å². The second-order valence-corrected chi connectivity index (χ2v) is 10.0. The van der Waals surface area contributed by atoms with E-state index in [2.05, 4.69) is 34.9 Å². The number of hydrogen-bond donors (Lipinski definition) is 3. The molecule has 3 aliphatic rings. The maximum absolute atomic E-state index is 13.1. The van der Waals surface area contributed by atoms with Gasteiger partial charge >= 0.3 is 12.1 Å². The second kappa shape index (κ2) is 8.46. The number of ether oxygens (including phenoxy) is 1. The summed E-state index contributed by atoms with van der Waals surface area (Å²) in [5, 5.41) is 14.7. The first-order valence-electron chi connectivity index (χ1n) is 12.0. The zero-order valence-electron chi connectivity index (χ0n) is 19.3. The topological polar surface area (TPSA) is 105 Å². The molecule has 0 saturated heterocycles. The number of amides is 2. The smallest absolute Gasteiger partial charge is 0.407 e. The van der Waals surface area contributed by atoms with Gasteiger partial charge in [0, 0.05) is 18.5 Å². The van der Waals surface area contributed by atoms with E-state index >= 15 is 0 Å². The molecule has 0 aromatic heterocycles. The number of carbonyl (C=O) groups is 3. The number of carboxylic acids is 1. The van der Waals surface area contributed by atoms with E-state index in [1.54, 1.807) is 6.92 Å². The van der Waals surface area contributed by atoms with Crippen LogP contribution >= 0.6 is 0 Å². The van der Waals surface area contributed by atoms with Crippen molar-refractivity contribution in [2.75, 3.05) is 13.2 Å². The number of fused-ring (bicyclic) bond motifs is 3. The first-order valence-corrected chi connectivity index (χ1v) is 12.0. The number of carbonyl (C=O) groups excluding carboxylic acids is 2. The Kier molecular flexibility index (Phi) is 5.58. The molecular weight excluding hydrogens is 432 g/mol. The molecule has 0 aliphatic heterocycles. The van der Waals surface area contributed by atoms with Crippen LogP contribution in [-0.2, 0) is 14.3 Å². The number of nitrogens with one attached hydrogen (secondary N) is 2. The lowest BCUT2D eigenvalue weighted by molar-refractivity contribution is -0.137. The molecule has 2 aromatic carbocycles. The largest absolute Gasteiger partial charge is 0.481 e. The molecule has 0 radical (unpaired) electrons. The second-order valence-electron chi connectivity index (χ2n) is 10.0. The zero-order chi connectivity index (χ0) is 23.9. The Labute approximate surface area is 198 Å². The van der Waals surface area contributed by atoms with Crippen LogP contribution in [0.4, 0.5) is 4.79 Å². The molecular formula is C27H30N2O5. The van der Waals surface area contributed by atoms with E-state index in [1.165, 1.54) is 11.1 Å². The molecule has 2 atom stereocenters. The molecule has 0 heterocycles. The average molecular weight is 463 g/mol. The van der Waals surface area contributed by atoms with E-state index in [1.807, 2.05) is 24.3 Å². The summed E-state index contributed by atoms with van der Waals surface area (Å²) in [6.45, 7) is 2.11. The number of benzene rings is 2. The first-order chi connectivity index (χ1) is 16.4. The molecule has 3 N–H and O–H groups in total. The van der Waals surface area contributed by atoms with Gasteiger partial charge in [-0.2, -0.15) is 0 Å². The Balaban J connectivity index is 1.21. The van der Waals surface area contributed by atoms with Crippen molar-refractivity contribution in [3.63, 3.8) is 0 Å². The van der Waals surface area contributed by atoms with Gasteiger partial charge in [-0.05, 0) is 53.9 Å². The summed E-state index contributed by atoms with van der Waals surface area (Å²) < 4.78 is 5.64. The van der Waals surface area contributed by atoms with Crippen LogP contribution in [0.15, 0.2) is 48.5 Å². The van der Waals surface area contributed by atoms with Crippen molar-refractivity contribution in [3.8, 4) is 11.1 Å². The minimum Gasteiger partial charge on any atom is -0.481 e. The highest BCUT2D eigenvalue weighted by molar-refractivity contribution is 5.89. The van der Waals surface area contributed by atoms with E-state index in [0.717, 1.165) is 36.8 Å². The van der Waals surface area contributed by atoms with Gasteiger partial charge in [0.15, 0.2) is 0 Å². The van der Waals surface area contributed by atoms with Crippen LogP contribution in [0.25, 0.3) is 11.1 Å². The number of hydrogen-bond acceptors (Lipinski definition) is 4. The monoisotopic (exact) mass is 462 g/mol. The first kappa shape index (κ1) is 22.4. The number of carboxylic acid groups (broad SMARTS) is 1. The lowest BCUT2D eigenvalue weighted by atomic mass is 9.74. The van der Waals surface area contributed by atoms with Crippen molar-refractivity contribution < 1.29 is 24.2 Å². The Morgan fingerprint density at radius 3 is 2.21 bits per heavy atom.